The largest absolute Gasteiger partial charge is 0.168 e. The Balaban J connectivity index is 2.46. The maximum absolute atomic E-state index is 3.45. The van der Waals surface area contributed by atoms with Crippen molar-refractivity contribution in [1.29, 1.82) is 0 Å². The van der Waals surface area contributed by atoms with Gasteiger partial charge in [0.2, 0.25) is 0 Å². The molecule has 5 heteroatoms. The molecule has 1 aliphatic rings. The van der Waals surface area contributed by atoms with E-state index in [4.69, 9.17) is 0 Å². The Morgan fingerprint density at radius 2 is 2.50 bits per heavy atom. The Morgan fingerprint density at radius 3 is 2.67 bits per heavy atom. The summed E-state index contributed by atoms with van der Waals surface area (Å²) in [6, 6.07) is 0. The second-order valence-electron chi connectivity index (χ2n) is 0.520. The molecule has 0 N–H and O–H groups in total. The predicted molar refractivity (Wildman–Crippen MR) is 27.5 cm³/mol. The minimum atomic E-state index is 1.27. The van der Waals surface area contributed by atoms with E-state index in [1.165, 1.54) is 21.8 Å². The van der Waals surface area contributed by atoms with Crippen LogP contribution in [0.25, 0.3) is 0 Å². The van der Waals surface area contributed by atoms with Gasteiger partial charge in [-0.25, -0.2) is 0 Å². The van der Waals surface area contributed by atoms with Crippen LogP contribution in [0.4, 0.5) is 0 Å². The van der Waals surface area contributed by atoms with Crippen molar-refractivity contribution in [2.75, 3.05) is 0 Å². The number of nitrogens with zero attached hydrogens (tertiary/aromatic N) is 3. The lowest BCUT2D eigenvalue weighted by Gasteiger charge is -1.82. The molecule has 0 aromatic carbocycles. The Kier molecular flexibility index (Phi) is 1.52. The van der Waals surface area contributed by atoms with Crippen molar-refractivity contribution in [2.45, 2.75) is 0 Å². The zero-order valence-electron chi connectivity index (χ0n) is 2.66. The third kappa shape index (κ3) is 0.983. The molecule has 31 valence electrons. The number of hydrogen-bond donors (Lipinski definition) is 0. The van der Waals surface area contributed by atoms with E-state index in [2.05, 4.69) is 20.4 Å². The molecule has 0 spiro atoms. The molecule has 1 aliphatic heterocycles. The highest BCUT2D eigenvalue weighted by Gasteiger charge is 1.84. The molecule has 3 nitrogen and oxygen atoms in total. The fraction of sp³-hybridized carbons (Fsp3) is 0. The zero-order valence-corrected chi connectivity index (χ0v) is 4.29. The molecule has 0 bridgehead atoms. The molecule has 0 aliphatic carbocycles. The Bertz CT molecular complexity index is 74.8. The van der Waals surface area contributed by atoms with Crippen molar-refractivity contribution in [1.82, 2.24) is 0 Å². The van der Waals surface area contributed by atoms with Crippen LogP contribution in [0, 0.1) is 0 Å². The molecule has 0 aromatic rings. The number of rotatable bonds is 0. The molecular weight excluding hydrogens is 118 g/mol. The lowest BCUT2D eigenvalue weighted by Crippen LogP contribution is -1.57. The maximum atomic E-state index is 3.45. The summed E-state index contributed by atoms with van der Waals surface area (Å²) in [6.07, 6.45) is 0. The second-order valence-corrected chi connectivity index (χ2v) is 2.13. The minimum absolute atomic E-state index is 1.27. The summed E-state index contributed by atoms with van der Waals surface area (Å²) in [5.74, 6) is 0. The summed E-state index contributed by atoms with van der Waals surface area (Å²) in [5, 5.41) is 6.59. The summed E-state index contributed by atoms with van der Waals surface area (Å²) in [5.41, 5.74) is 2.53. The van der Waals surface area contributed by atoms with E-state index in [9.17, 15) is 0 Å². The monoisotopic (exact) mass is 118 g/mol. The molecule has 0 unspecified atom stereocenters. The topological polar surface area (TPSA) is 37.1 Å². The van der Waals surface area contributed by atoms with Crippen LogP contribution in [-0.2, 0) is 0 Å². The van der Waals surface area contributed by atoms with E-state index in [-0.39, 0.29) is 0 Å². The molecule has 0 fully saturated rings. The average molecular weight is 118 g/mol. The Morgan fingerprint density at radius 1 is 1.50 bits per heavy atom. The van der Waals surface area contributed by atoms with Crippen molar-refractivity contribution in [3.05, 3.63) is 0 Å². The lowest BCUT2D eigenvalue weighted by molar-refractivity contribution is 1.13. The Hall–Kier alpha value is -0.0300. The van der Waals surface area contributed by atoms with Gasteiger partial charge in [-0.2, -0.15) is 0 Å². The summed E-state index contributed by atoms with van der Waals surface area (Å²) in [4.78, 5) is 0. The molecule has 0 amide bonds. The van der Waals surface area contributed by atoms with Crippen molar-refractivity contribution in [3.8, 4) is 0 Å². The molecule has 0 atom stereocenters. The highest BCUT2D eigenvalue weighted by molar-refractivity contribution is 8.81. The SMILES string of the molecule is [C]1=NN=NSS1. The van der Waals surface area contributed by atoms with Crippen LogP contribution in [0.2, 0.25) is 0 Å². The van der Waals surface area contributed by atoms with E-state index in [0.717, 1.165) is 0 Å². The predicted octanol–water partition coefficient (Wildman–Crippen LogP) is 1.57. The lowest BCUT2D eigenvalue weighted by atomic mass is 11.7. The van der Waals surface area contributed by atoms with Gasteiger partial charge < -0.3 is 0 Å². The van der Waals surface area contributed by atoms with Crippen molar-refractivity contribution in [3.63, 3.8) is 0 Å². The van der Waals surface area contributed by atoms with Gasteiger partial charge in [-0.05, 0) is 16.0 Å². The van der Waals surface area contributed by atoms with Crippen molar-refractivity contribution in [2.24, 2.45) is 14.8 Å². The van der Waals surface area contributed by atoms with Crippen molar-refractivity contribution >= 4 is 27.3 Å². The summed E-state index contributed by atoms with van der Waals surface area (Å²) in [6.45, 7) is 0. The molecule has 0 saturated heterocycles. The summed E-state index contributed by atoms with van der Waals surface area (Å²) < 4.78 is 3.45. The molecule has 1 radical (unpaired) electrons. The van der Waals surface area contributed by atoms with E-state index in [0.29, 0.717) is 0 Å². The van der Waals surface area contributed by atoms with Crippen LogP contribution in [0.1, 0.15) is 0 Å². The average Bonchev–Trinajstić information content (AvgIpc) is 1.72. The van der Waals surface area contributed by atoms with E-state index in [1.807, 2.05) is 0 Å². The second kappa shape index (κ2) is 2.20. The molecule has 1 rings (SSSR count). The van der Waals surface area contributed by atoms with Crippen LogP contribution in [0.15, 0.2) is 14.8 Å². The fourth-order valence-corrected chi connectivity index (χ4v) is 0.694. The Labute approximate surface area is 42.8 Å². The smallest absolute Gasteiger partial charge is 0.119 e. The van der Waals surface area contributed by atoms with Gasteiger partial charge in [-0.1, -0.05) is 4.52 Å². The van der Waals surface area contributed by atoms with E-state index >= 15 is 0 Å². The van der Waals surface area contributed by atoms with E-state index < -0.39 is 0 Å². The van der Waals surface area contributed by atoms with Gasteiger partial charge in [0.1, 0.15) is 0 Å². The normalized spacial score (nSPS) is 18.7. The first-order valence-electron chi connectivity index (χ1n) is 1.18. The van der Waals surface area contributed by atoms with Gasteiger partial charge in [-0.15, -0.1) is 5.10 Å². The molecule has 1 heterocycles. The van der Waals surface area contributed by atoms with Crippen LogP contribution in [0.3, 0.4) is 0 Å². The van der Waals surface area contributed by atoms with Crippen LogP contribution in [-0.4, -0.2) is 5.55 Å². The van der Waals surface area contributed by atoms with Gasteiger partial charge in [0.15, 0.2) is 5.55 Å². The first kappa shape index (κ1) is 4.14. The molecule has 0 saturated carbocycles. The molecule has 0 aromatic heterocycles. The van der Waals surface area contributed by atoms with Crippen LogP contribution < -0.4 is 0 Å². The zero-order chi connectivity index (χ0) is 4.24. The van der Waals surface area contributed by atoms with Gasteiger partial charge in [0.05, 0.1) is 11.0 Å². The quantitative estimate of drug-likeness (QED) is 0.357. The molecular formula is CN3S2. The van der Waals surface area contributed by atoms with Crippen LogP contribution in [0.5, 0.6) is 0 Å². The third-order valence-corrected chi connectivity index (χ3v) is 1.25. The first-order chi connectivity index (χ1) is 3.00. The van der Waals surface area contributed by atoms with Gasteiger partial charge in [0, 0.05) is 0 Å². The standard InChI is InChI=1S/CN3S2/c1-2-3-4-6-5-1. The van der Waals surface area contributed by atoms with Gasteiger partial charge in [-0.3, -0.25) is 0 Å². The number of hydrogen-bond acceptors (Lipinski definition) is 5. The van der Waals surface area contributed by atoms with Crippen molar-refractivity contribution < 1.29 is 0 Å². The van der Waals surface area contributed by atoms with E-state index in [1.54, 1.807) is 0 Å². The highest BCUT2D eigenvalue weighted by atomic mass is 33.1. The summed E-state index contributed by atoms with van der Waals surface area (Å²) in [7, 11) is 2.60. The molecule has 6 heavy (non-hydrogen) atoms. The highest BCUT2D eigenvalue weighted by Crippen LogP contribution is 2.22. The maximum Gasteiger partial charge on any atom is 0.168 e. The van der Waals surface area contributed by atoms with Gasteiger partial charge >= 0.3 is 0 Å². The minimum Gasteiger partial charge on any atom is -0.119 e. The summed E-state index contributed by atoms with van der Waals surface area (Å²) >= 11 is 0. The third-order valence-electron chi connectivity index (χ3n) is 0.230. The van der Waals surface area contributed by atoms with Gasteiger partial charge in [0.25, 0.3) is 0 Å². The fourth-order valence-electron chi connectivity index (χ4n) is 0.101. The van der Waals surface area contributed by atoms with Crippen LogP contribution >= 0.6 is 21.8 Å². The first-order valence-corrected chi connectivity index (χ1v) is 3.28.